The minimum absolute atomic E-state index is 0.208. The molecule has 29 heavy (non-hydrogen) atoms. The summed E-state index contributed by atoms with van der Waals surface area (Å²) in [5.74, 6) is 2.50. The van der Waals surface area contributed by atoms with Gasteiger partial charge in [0.25, 0.3) is 5.91 Å². The first kappa shape index (κ1) is 17.7. The summed E-state index contributed by atoms with van der Waals surface area (Å²) >= 11 is 0. The van der Waals surface area contributed by atoms with Gasteiger partial charge in [0.05, 0.1) is 6.33 Å². The van der Waals surface area contributed by atoms with Crippen LogP contribution in [0.25, 0.3) is 5.69 Å². The van der Waals surface area contributed by atoms with Gasteiger partial charge in [0, 0.05) is 55.4 Å². The zero-order valence-electron chi connectivity index (χ0n) is 17.0. The molecule has 0 N–H and O–H groups in total. The molecule has 4 atom stereocenters. The Kier molecular flexibility index (Phi) is 4.26. The number of fused-ring (bicyclic) bond motifs is 4. The second-order valence-electron chi connectivity index (χ2n) is 9.69. The summed E-state index contributed by atoms with van der Waals surface area (Å²) in [5.41, 5.74) is 1.85. The van der Waals surface area contributed by atoms with Crippen molar-refractivity contribution < 1.29 is 4.79 Å². The quantitative estimate of drug-likeness (QED) is 0.804. The van der Waals surface area contributed by atoms with E-state index in [1.807, 2.05) is 35.0 Å². The van der Waals surface area contributed by atoms with Crippen molar-refractivity contribution in [3.05, 3.63) is 48.5 Å². The number of likely N-dealkylation sites (tertiary alicyclic amines) is 1. The van der Waals surface area contributed by atoms with E-state index in [1.165, 1.54) is 45.1 Å². The summed E-state index contributed by atoms with van der Waals surface area (Å²) in [4.78, 5) is 22.4. The highest BCUT2D eigenvalue weighted by molar-refractivity contribution is 5.94. The maximum Gasteiger partial charge on any atom is 0.253 e. The summed E-state index contributed by atoms with van der Waals surface area (Å²) in [7, 11) is 0. The minimum Gasteiger partial charge on any atom is -0.338 e. The van der Waals surface area contributed by atoms with Crippen LogP contribution in [0.15, 0.2) is 43.0 Å². The molecule has 0 unspecified atom stereocenters. The molecular weight excluding hydrogens is 360 g/mol. The lowest BCUT2D eigenvalue weighted by Crippen LogP contribution is -2.62. The number of hydrogen-bond acceptors (Lipinski definition) is 3. The van der Waals surface area contributed by atoms with Crippen LogP contribution in [0.4, 0.5) is 0 Å². The van der Waals surface area contributed by atoms with Gasteiger partial charge in [-0.3, -0.25) is 9.69 Å². The summed E-state index contributed by atoms with van der Waals surface area (Å²) in [6, 6.07) is 9.53. The predicted molar refractivity (Wildman–Crippen MR) is 112 cm³/mol. The number of amides is 1. The van der Waals surface area contributed by atoms with Crippen LogP contribution in [0.5, 0.6) is 0 Å². The maximum absolute atomic E-state index is 13.3. The fourth-order valence-corrected chi connectivity index (χ4v) is 6.37. The van der Waals surface area contributed by atoms with E-state index in [1.54, 1.807) is 12.5 Å². The Balaban J connectivity index is 1.18. The van der Waals surface area contributed by atoms with E-state index in [9.17, 15) is 4.79 Å². The van der Waals surface area contributed by atoms with Gasteiger partial charge < -0.3 is 9.47 Å². The third-order valence-electron chi connectivity index (χ3n) is 7.80. The smallest absolute Gasteiger partial charge is 0.253 e. The molecule has 4 fully saturated rings. The van der Waals surface area contributed by atoms with E-state index in [-0.39, 0.29) is 5.91 Å². The lowest BCUT2D eigenvalue weighted by Gasteiger charge is -2.55. The second-order valence-corrected chi connectivity index (χ2v) is 9.69. The van der Waals surface area contributed by atoms with Crippen molar-refractivity contribution in [1.29, 1.82) is 0 Å². The van der Waals surface area contributed by atoms with Gasteiger partial charge in [-0.1, -0.05) is 6.42 Å². The van der Waals surface area contributed by atoms with Gasteiger partial charge in [-0.2, -0.15) is 0 Å². The van der Waals surface area contributed by atoms with Crippen LogP contribution in [0.3, 0.4) is 0 Å². The van der Waals surface area contributed by atoms with Crippen LogP contribution in [-0.4, -0.2) is 57.0 Å². The molecule has 5 heteroatoms. The molecule has 0 spiro atoms. The normalized spacial score (nSPS) is 32.1. The molecule has 2 aromatic rings. The van der Waals surface area contributed by atoms with Crippen molar-refractivity contribution in [2.24, 2.45) is 17.8 Å². The van der Waals surface area contributed by atoms with Gasteiger partial charge in [-0.05, 0) is 74.1 Å². The molecule has 152 valence electrons. The van der Waals surface area contributed by atoms with Crippen LogP contribution in [-0.2, 0) is 0 Å². The molecule has 2 bridgehead atoms. The molecule has 1 aliphatic carbocycles. The Morgan fingerprint density at radius 2 is 1.72 bits per heavy atom. The summed E-state index contributed by atoms with van der Waals surface area (Å²) in [5, 5.41) is 0. The Morgan fingerprint density at radius 1 is 0.931 bits per heavy atom. The molecule has 1 aromatic heterocycles. The zero-order valence-corrected chi connectivity index (χ0v) is 17.0. The molecule has 4 aliphatic rings. The predicted octanol–water partition coefficient (Wildman–Crippen LogP) is 3.60. The Labute approximate surface area is 172 Å². The van der Waals surface area contributed by atoms with E-state index < -0.39 is 0 Å². The standard InChI is InChI=1S/C24H30N4O/c29-24(19-6-8-21(9-7-19)26-11-10-25-16-26)27-13-17-12-20(15-27)23-3-1-2-22(18-4-5-18)28(23)14-17/h6-11,16-18,20,22-23H,1-5,12-15H2/t17-,20+,22+,23-/m0/s1. The summed E-state index contributed by atoms with van der Waals surface area (Å²) in [6.45, 7) is 3.09. The van der Waals surface area contributed by atoms with Gasteiger partial charge in [-0.15, -0.1) is 0 Å². The Hall–Kier alpha value is -2.14. The topological polar surface area (TPSA) is 41.4 Å². The highest BCUT2D eigenvalue weighted by atomic mass is 16.2. The van der Waals surface area contributed by atoms with E-state index in [0.717, 1.165) is 36.3 Å². The fraction of sp³-hybridized carbons (Fsp3) is 0.583. The Morgan fingerprint density at radius 3 is 2.45 bits per heavy atom. The van der Waals surface area contributed by atoms with Crippen molar-refractivity contribution >= 4 is 5.91 Å². The van der Waals surface area contributed by atoms with E-state index in [4.69, 9.17) is 0 Å². The maximum atomic E-state index is 13.3. The van der Waals surface area contributed by atoms with Gasteiger partial charge in [-0.25, -0.2) is 4.98 Å². The van der Waals surface area contributed by atoms with Gasteiger partial charge in [0.15, 0.2) is 0 Å². The van der Waals surface area contributed by atoms with Crippen molar-refractivity contribution in [1.82, 2.24) is 19.4 Å². The first-order chi connectivity index (χ1) is 14.3. The van der Waals surface area contributed by atoms with Crippen LogP contribution >= 0.6 is 0 Å². The molecule has 6 rings (SSSR count). The molecule has 5 nitrogen and oxygen atoms in total. The summed E-state index contributed by atoms with van der Waals surface area (Å²) in [6.07, 6.45) is 13.8. The number of imidazole rings is 1. The van der Waals surface area contributed by atoms with Crippen molar-refractivity contribution in [3.8, 4) is 5.69 Å². The molecular formula is C24H30N4O. The van der Waals surface area contributed by atoms with Gasteiger partial charge >= 0.3 is 0 Å². The lowest BCUT2D eigenvalue weighted by molar-refractivity contribution is -0.0551. The number of rotatable bonds is 3. The second kappa shape index (κ2) is 6.98. The minimum atomic E-state index is 0.208. The highest BCUT2D eigenvalue weighted by Crippen LogP contribution is 2.46. The average Bonchev–Trinajstić information content (AvgIpc) is 3.46. The van der Waals surface area contributed by atoms with Crippen molar-refractivity contribution in [2.75, 3.05) is 19.6 Å². The molecule has 3 aliphatic heterocycles. The monoisotopic (exact) mass is 390 g/mol. The van der Waals surface area contributed by atoms with Gasteiger partial charge in [0.2, 0.25) is 0 Å². The number of piperidine rings is 3. The van der Waals surface area contributed by atoms with Crippen LogP contribution in [0, 0.1) is 17.8 Å². The molecule has 3 saturated heterocycles. The van der Waals surface area contributed by atoms with E-state index >= 15 is 0 Å². The summed E-state index contributed by atoms with van der Waals surface area (Å²) < 4.78 is 1.97. The molecule has 0 radical (unpaired) electrons. The number of nitrogens with zero attached hydrogens (tertiary/aromatic N) is 4. The Bertz CT molecular complexity index is 873. The van der Waals surface area contributed by atoms with Crippen molar-refractivity contribution in [3.63, 3.8) is 0 Å². The van der Waals surface area contributed by atoms with Crippen LogP contribution < -0.4 is 0 Å². The molecule has 1 aromatic carbocycles. The van der Waals surface area contributed by atoms with E-state index in [2.05, 4.69) is 14.8 Å². The molecule has 4 heterocycles. The first-order valence-electron chi connectivity index (χ1n) is 11.4. The van der Waals surface area contributed by atoms with Crippen molar-refractivity contribution in [2.45, 2.75) is 50.6 Å². The number of hydrogen-bond donors (Lipinski definition) is 0. The fourth-order valence-electron chi connectivity index (χ4n) is 6.37. The SMILES string of the molecule is O=C(c1ccc(-n2ccnc2)cc1)N1C[C@@H]2C[C@H](C1)[C@@H]1CCC[C@H](C3CC3)N1C2. The number of benzene rings is 1. The van der Waals surface area contributed by atoms with Crippen LogP contribution in [0.2, 0.25) is 0 Å². The lowest BCUT2D eigenvalue weighted by atomic mass is 9.74. The average molecular weight is 391 g/mol. The molecule has 1 amide bonds. The van der Waals surface area contributed by atoms with Crippen LogP contribution in [0.1, 0.15) is 48.9 Å². The molecule has 1 saturated carbocycles. The third-order valence-corrected chi connectivity index (χ3v) is 7.80. The third kappa shape index (κ3) is 3.20. The first-order valence-corrected chi connectivity index (χ1v) is 11.4. The zero-order chi connectivity index (χ0) is 19.4. The number of carbonyl (C=O) groups is 1. The van der Waals surface area contributed by atoms with E-state index in [0.29, 0.717) is 17.9 Å². The van der Waals surface area contributed by atoms with Gasteiger partial charge in [0.1, 0.15) is 0 Å². The highest BCUT2D eigenvalue weighted by Gasteiger charge is 2.48. The number of carbonyl (C=O) groups excluding carboxylic acids is 1. The largest absolute Gasteiger partial charge is 0.338 e. The number of aromatic nitrogens is 2.